The van der Waals surface area contributed by atoms with Crippen molar-refractivity contribution in [3.8, 4) is 0 Å². The number of hydrogen-bond donors (Lipinski definition) is 0. The van der Waals surface area contributed by atoms with Crippen molar-refractivity contribution >= 4 is 21.4 Å². The van der Waals surface area contributed by atoms with Crippen LogP contribution >= 0.6 is 0 Å². The van der Waals surface area contributed by atoms with E-state index in [-0.39, 0.29) is 10.5 Å². The minimum atomic E-state index is -3.32. The van der Waals surface area contributed by atoms with Crippen molar-refractivity contribution in [3.63, 3.8) is 0 Å². The third-order valence-corrected chi connectivity index (χ3v) is 3.68. The van der Waals surface area contributed by atoms with Crippen LogP contribution in [0.5, 0.6) is 0 Å². The van der Waals surface area contributed by atoms with Gasteiger partial charge in [-0.2, -0.15) is 0 Å². The Morgan fingerprint density at radius 1 is 1.35 bits per heavy atom. The smallest absolute Gasteiger partial charge is 0.337 e. The molecule has 0 saturated heterocycles. The van der Waals surface area contributed by atoms with Crippen molar-refractivity contribution in [1.29, 1.82) is 0 Å². The highest BCUT2D eigenvalue weighted by atomic mass is 32.2. The van der Waals surface area contributed by atoms with Gasteiger partial charge in [-0.1, -0.05) is 18.7 Å². The molecular formula is C12H14O4S. The van der Waals surface area contributed by atoms with Gasteiger partial charge in [-0.05, 0) is 24.1 Å². The molecule has 5 heteroatoms. The molecule has 0 heterocycles. The molecule has 0 radical (unpaired) electrons. The van der Waals surface area contributed by atoms with Gasteiger partial charge in [-0.15, -0.1) is 0 Å². The van der Waals surface area contributed by atoms with Crippen LogP contribution in [-0.2, 0) is 19.4 Å². The lowest BCUT2D eigenvalue weighted by Crippen LogP contribution is -2.07. The maximum Gasteiger partial charge on any atom is 0.337 e. The van der Waals surface area contributed by atoms with E-state index in [0.717, 1.165) is 6.26 Å². The molecular weight excluding hydrogens is 240 g/mol. The fourth-order valence-electron chi connectivity index (χ4n) is 1.58. The summed E-state index contributed by atoms with van der Waals surface area (Å²) in [6.45, 7) is 5.25. The third kappa shape index (κ3) is 2.74. The van der Waals surface area contributed by atoms with E-state index in [4.69, 9.17) is 0 Å². The first-order valence-corrected chi connectivity index (χ1v) is 6.75. The topological polar surface area (TPSA) is 60.4 Å². The van der Waals surface area contributed by atoms with Crippen LogP contribution in [0.3, 0.4) is 0 Å². The Morgan fingerprint density at radius 3 is 2.41 bits per heavy atom. The SMILES string of the molecule is C=C(C(=O)OC)c1cccc(S(C)(=O)=O)c1C. The van der Waals surface area contributed by atoms with Crippen LogP contribution in [0.15, 0.2) is 29.7 Å². The van der Waals surface area contributed by atoms with Crippen LogP contribution in [0.4, 0.5) is 0 Å². The molecule has 0 atom stereocenters. The van der Waals surface area contributed by atoms with Gasteiger partial charge in [0.1, 0.15) is 0 Å². The first kappa shape index (κ1) is 13.4. The van der Waals surface area contributed by atoms with Gasteiger partial charge in [0.25, 0.3) is 0 Å². The number of carbonyl (C=O) groups excluding carboxylic acids is 1. The molecule has 0 aliphatic rings. The number of benzene rings is 1. The number of methoxy groups -OCH3 is 1. The third-order valence-electron chi connectivity index (χ3n) is 2.44. The summed E-state index contributed by atoms with van der Waals surface area (Å²) in [6.07, 6.45) is 1.13. The second kappa shape index (κ2) is 4.71. The molecule has 92 valence electrons. The van der Waals surface area contributed by atoms with Gasteiger partial charge in [0.15, 0.2) is 9.84 Å². The molecule has 0 aromatic heterocycles. The van der Waals surface area contributed by atoms with E-state index >= 15 is 0 Å². The summed E-state index contributed by atoms with van der Waals surface area (Å²) in [7, 11) is -2.06. The Hall–Kier alpha value is -1.62. The van der Waals surface area contributed by atoms with E-state index < -0.39 is 15.8 Å². The highest BCUT2D eigenvalue weighted by Gasteiger charge is 2.17. The molecule has 1 rings (SSSR count). The number of ether oxygens (including phenoxy) is 1. The summed E-state index contributed by atoms with van der Waals surface area (Å²) in [5.41, 5.74) is 1.14. The first-order valence-electron chi connectivity index (χ1n) is 4.86. The van der Waals surface area contributed by atoms with E-state index in [0.29, 0.717) is 11.1 Å². The predicted octanol–water partition coefficient (Wildman–Crippen LogP) is 1.58. The normalized spacial score (nSPS) is 11.0. The lowest BCUT2D eigenvalue weighted by molar-refractivity contribution is -0.133. The molecule has 0 amide bonds. The Morgan fingerprint density at radius 2 is 1.94 bits per heavy atom. The lowest BCUT2D eigenvalue weighted by Gasteiger charge is -2.10. The molecule has 0 aliphatic carbocycles. The summed E-state index contributed by atoms with van der Waals surface area (Å²) in [5, 5.41) is 0. The van der Waals surface area contributed by atoms with Crippen molar-refractivity contribution in [1.82, 2.24) is 0 Å². The zero-order chi connectivity index (χ0) is 13.2. The first-order chi connectivity index (χ1) is 7.79. The van der Waals surface area contributed by atoms with Crippen molar-refractivity contribution in [2.75, 3.05) is 13.4 Å². The maximum atomic E-state index is 11.5. The second-order valence-electron chi connectivity index (χ2n) is 3.67. The largest absolute Gasteiger partial charge is 0.465 e. The molecule has 17 heavy (non-hydrogen) atoms. The fourth-order valence-corrected chi connectivity index (χ4v) is 2.57. The predicted molar refractivity (Wildman–Crippen MR) is 65.3 cm³/mol. The highest BCUT2D eigenvalue weighted by Crippen LogP contribution is 2.24. The Bertz CT molecular complexity index is 570. The average molecular weight is 254 g/mol. The van der Waals surface area contributed by atoms with Crippen molar-refractivity contribution in [3.05, 3.63) is 35.9 Å². The van der Waals surface area contributed by atoms with Gasteiger partial charge in [0.2, 0.25) is 0 Å². The summed E-state index contributed by atoms with van der Waals surface area (Å²) in [6, 6.07) is 4.72. The minimum Gasteiger partial charge on any atom is -0.465 e. The van der Waals surface area contributed by atoms with E-state index in [9.17, 15) is 13.2 Å². The van der Waals surface area contributed by atoms with E-state index in [1.54, 1.807) is 19.1 Å². The molecule has 0 saturated carbocycles. The molecule has 0 unspecified atom stereocenters. The molecule has 4 nitrogen and oxygen atoms in total. The number of carbonyl (C=O) groups is 1. The van der Waals surface area contributed by atoms with Gasteiger partial charge in [-0.3, -0.25) is 0 Å². The molecule has 0 spiro atoms. The maximum absolute atomic E-state index is 11.5. The van der Waals surface area contributed by atoms with Gasteiger partial charge < -0.3 is 4.74 Å². The summed E-state index contributed by atoms with van der Waals surface area (Å²) >= 11 is 0. The lowest BCUT2D eigenvalue weighted by atomic mass is 10.0. The van der Waals surface area contributed by atoms with Gasteiger partial charge in [0.05, 0.1) is 17.6 Å². The fraction of sp³-hybridized carbons (Fsp3) is 0.250. The Kier molecular flexibility index (Phi) is 3.72. The quantitative estimate of drug-likeness (QED) is 0.607. The summed E-state index contributed by atoms with van der Waals surface area (Å²) < 4.78 is 27.6. The van der Waals surface area contributed by atoms with Crippen LogP contribution in [0, 0.1) is 6.92 Å². The summed E-state index contributed by atoms with van der Waals surface area (Å²) in [4.78, 5) is 11.5. The van der Waals surface area contributed by atoms with Crippen molar-refractivity contribution < 1.29 is 17.9 Å². The second-order valence-corrected chi connectivity index (χ2v) is 5.66. The van der Waals surface area contributed by atoms with Crippen LogP contribution < -0.4 is 0 Å². The van der Waals surface area contributed by atoms with E-state index in [1.807, 2.05) is 0 Å². The van der Waals surface area contributed by atoms with Crippen LogP contribution in [0.1, 0.15) is 11.1 Å². The minimum absolute atomic E-state index is 0.149. The van der Waals surface area contributed by atoms with Gasteiger partial charge in [0, 0.05) is 6.26 Å². The monoisotopic (exact) mass is 254 g/mol. The average Bonchev–Trinajstić information content (AvgIpc) is 2.25. The molecule has 0 bridgehead atoms. The van der Waals surface area contributed by atoms with Crippen molar-refractivity contribution in [2.45, 2.75) is 11.8 Å². The highest BCUT2D eigenvalue weighted by molar-refractivity contribution is 7.90. The number of esters is 1. The number of hydrogen-bond acceptors (Lipinski definition) is 4. The number of sulfone groups is 1. The van der Waals surface area contributed by atoms with Crippen LogP contribution in [-0.4, -0.2) is 27.8 Å². The molecule has 0 aliphatic heterocycles. The van der Waals surface area contributed by atoms with E-state index in [2.05, 4.69) is 11.3 Å². The molecule has 1 aromatic rings. The number of rotatable bonds is 3. The standard InChI is InChI=1S/C12H14O4S/c1-8-10(9(2)12(13)16-3)6-5-7-11(8)17(4,14)15/h5-7H,2H2,1,3-4H3. The van der Waals surface area contributed by atoms with Crippen molar-refractivity contribution in [2.24, 2.45) is 0 Å². The molecule has 0 N–H and O–H groups in total. The zero-order valence-electron chi connectivity index (χ0n) is 9.98. The Balaban J connectivity index is 3.40. The van der Waals surface area contributed by atoms with Gasteiger partial charge >= 0.3 is 5.97 Å². The van der Waals surface area contributed by atoms with Crippen LogP contribution in [0.25, 0.3) is 5.57 Å². The Labute approximate surface area is 101 Å². The van der Waals surface area contributed by atoms with E-state index in [1.165, 1.54) is 13.2 Å². The molecule has 1 aromatic carbocycles. The molecule has 0 fully saturated rings. The zero-order valence-corrected chi connectivity index (χ0v) is 10.8. The van der Waals surface area contributed by atoms with Gasteiger partial charge in [-0.25, -0.2) is 13.2 Å². The van der Waals surface area contributed by atoms with Crippen LogP contribution in [0.2, 0.25) is 0 Å². The summed E-state index contributed by atoms with van der Waals surface area (Å²) in [5.74, 6) is -0.571.